The van der Waals surface area contributed by atoms with E-state index in [-0.39, 0.29) is 5.72 Å². The van der Waals surface area contributed by atoms with E-state index in [1.54, 1.807) is 12.4 Å². The number of hydrogen-bond acceptors (Lipinski definition) is 6. The van der Waals surface area contributed by atoms with Gasteiger partial charge in [0.25, 0.3) is 0 Å². The number of aromatic nitrogens is 3. The molecule has 0 saturated carbocycles. The van der Waals surface area contributed by atoms with Gasteiger partial charge in [-0.05, 0) is 38.3 Å². The van der Waals surface area contributed by atoms with Crippen molar-refractivity contribution in [2.75, 3.05) is 11.9 Å². The van der Waals surface area contributed by atoms with Crippen LogP contribution < -0.4 is 10.6 Å². The molecule has 1 saturated heterocycles. The van der Waals surface area contributed by atoms with Crippen molar-refractivity contribution in [2.24, 2.45) is 0 Å². The second-order valence-corrected chi connectivity index (χ2v) is 6.54. The minimum Gasteiger partial charge on any atom is -0.360 e. The summed E-state index contributed by atoms with van der Waals surface area (Å²) < 4.78 is 5.68. The molecule has 0 aliphatic carbocycles. The minimum atomic E-state index is -0.213. The average Bonchev–Trinajstić information content (AvgIpc) is 2.88. The predicted molar refractivity (Wildman–Crippen MR) is 89.8 cm³/mol. The van der Waals surface area contributed by atoms with Gasteiger partial charge in [0.1, 0.15) is 11.5 Å². The first kappa shape index (κ1) is 16.1. The third-order valence-corrected chi connectivity index (χ3v) is 3.86. The molecule has 0 aromatic carbocycles. The normalized spacial score (nSPS) is 19.7. The summed E-state index contributed by atoms with van der Waals surface area (Å²) in [4.78, 5) is 12.6. The Balaban J connectivity index is 1.52. The van der Waals surface area contributed by atoms with Gasteiger partial charge in [-0.1, -0.05) is 17.7 Å². The van der Waals surface area contributed by atoms with Crippen molar-refractivity contribution in [1.29, 1.82) is 0 Å². The molecule has 2 N–H and O–H groups in total. The van der Waals surface area contributed by atoms with E-state index in [9.17, 15) is 0 Å². The molecule has 122 valence electrons. The van der Waals surface area contributed by atoms with Crippen LogP contribution in [0.5, 0.6) is 0 Å². The molecule has 3 heterocycles. The molecule has 23 heavy (non-hydrogen) atoms. The van der Waals surface area contributed by atoms with Gasteiger partial charge in [0.15, 0.2) is 0 Å². The molecule has 3 rings (SSSR count). The van der Waals surface area contributed by atoms with E-state index in [0.29, 0.717) is 22.8 Å². The zero-order valence-electron chi connectivity index (χ0n) is 13.2. The van der Waals surface area contributed by atoms with Gasteiger partial charge in [0, 0.05) is 12.2 Å². The third-order valence-electron chi connectivity index (χ3n) is 3.66. The fraction of sp³-hybridized carbons (Fsp3) is 0.438. The summed E-state index contributed by atoms with van der Waals surface area (Å²) in [7, 11) is 0. The van der Waals surface area contributed by atoms with Gasteiger partial charge in [-0.2, -0.15) is 0 Å². The Kier molecular flexibility index (Phi) is 4.75. The van der Waals surface area contributed by atoms with Crippen molar-refractivity contribution in [3.8, 4) is 0 Å². The van der Waals surface area contributed by atoms with Gasteiger partial charge in [-0.15, -0.1) is 0 Å². The first-order valence-corrected chi connectivity index (χ1v) is 7.99. The smallest absolute Gasteiger partial charge is 0.228 e. The van der Waals surface area contributed by atoms with Crippen LogP contribution in [0.4, 0.5) is 11.8 Å². The standard InChI is InChI=1S/C16H20ClN5O/c1-16(2)22-13(10-23-16)5-3-11-4-6-14(18-7-11)21-15-19-8-12(17)9-20-15/h4,6-9,13,22H,3,5,10H2,1-2H3,(H,18,19,20,21)/t13-/m0/s1. The third kappa shape index (κ3) is 4.60. The number of nitrogens with one attached hydrogen (secondary N) is 2. The summed E-state index contributed by atoms with van der Waals surface area (Å²) in [5, 5.41) is 7.01. The zero-order chi connectivity index (χ0) is 16.3. The first-order chi connectivity index (χ1) is 11.0. The Bertz CT molecular complexity index is 645. The van der Waals surface area contributed by atoms with E-state index < -0.39 is 0 Å². The summed E-state index contributed by atoms with van der Waals surface area (Å²) in [5.41, 5.74) is 0.981. The molecule has 7 heteroatoms. The van der Waals surface area contributed by atoms with E-state index in [1.807, 2.05) is 26.1 Å². The van der Waals surface area contributed by atoms with Crippen LogP contribution in [0.15, 0.2) is 30.7 Å². The van der Waals surface area contributed by atoms with E-state index in [2.05, 4.69) is 31.7 Å². The lowest BCUT2D eigenvalue weighted by atomic mass is 10.1. The fourth-order valence-electron chi connectivity index (χ4n) is 2.52. The number of nitrogens with zero attached hydrogens (tertiary/aromatic N) is 3. The Labute approximate surface area is 140 Å². The maximum absolute atomic E-state index is 5.76. The van der Waals surface area contributed by atoms with Gasteiger partial charge in [-0.25, -0.2) is 15.0 Å². The molecule has 0 unspecified atom stereocenters. The van der Waals surface area contributed by atoms with Gasteiger partial charge in [0.05, 0.1) is 24.0 Å². The highest BCUT2D eigenvalue weighted by molar-refractivity contribution is 6.30. The minimum absolute atomic E-state index is 0.213. The van der Waals surface area contributed by atoms with Crippen LogP contribution in [0.25, 0.3) is 0 Å². The predicted octanol–water partition coefficient (Wildman–Crippen LogP) is 2.93. The van der Waals surface area contributed by atoms with Crippen LogP contribution in [-0.2, 0) is 11.2 Å². The van der Waals surface area contributed by atoms with Crippen molar-refractivity contribution in [3.05, 3.63) is 41.3 Å². The Morgan fingerprint density at radius 3 is 2.65 bits per heavy atom. The molecule has 6 nitrogen and oxygen atoms in total. The molecular weight excluding hydrogens is 314 g/mol. The Morgan fingerprint density at radius 1 is 1.26 bits per heavy atom. The molecule has 1 aliphatic heterocycles. The van der Waals surface area contributed by atoms with E-state index >= 15 is 0 Å². The van der Waals surface area contributed by atoms with Gasteiger partial charge >= 0.3 is 0 Å². The van der Waals surface area contributed by atoms with Crippen molar-refractivity contribution >= 4 is 23.4 Å². The lowest BCUT2D eigenvalue weighted by Crippen LogP contribution is -2.38. The van der Waals surface area contributed by atoms with Gasteiger partial charge in [-0.3, -0.25) is 5.32 Å². The maximum Gasteiger partial charge on any atom is 0.228 e. The van der Waals surface area contributed by atoms with Crippen LogP contribution in [0.3, 0.4) is 0 Å². The van der Waals surface area contributed by atoms with E-state index in [1.165, 1.54) is 5.56 Å². The van der Waals surface area contributed by atoms with Crippen LogP contribution in [0.1, 0.15) is 25.8 Å². The molecular formula is C16H20ClN5O. The zero-order valence-corrected chi connectivity index (χ0v) is 14.0. The number of anilines is 2. The average molecular weight is 334 g/mol. The second-order valence-electron chi connectivity index (χ2n) is 6.10. The molecule has 1 atom stereocenters. The molecule has 0 spiro atoms. The first-order valence-electron chi connectivity index (χ1n) is 7.61. The number of hydrogen-bond donors (Lipinski definition) is 2. The summed E-state index contributed by atoms with van der Waals surface area (Å²) in [6.45, 7) is 4.86. The lowest BCUT2D eigenvalue weighted by Gasteiger charge is -2.18. The molecule has 1 fully saturated rings. The van der Waals surface area contributed by atoms with E-state index in [0.717, 1.165) is 19.4 Å². The largest absolute Gasteiger partial charge is 0.360 e. The number of pyridine rings is 1. The van der Waals surface area contributed by atoms with Crippen LogP contribution in [0.2, 0.25) is 5.02 Å². The van der Waals surface area contributed by atoms with Crippen LogP contribution >= 0.6 is 11.6 Å². The Morgan fingerprint density at radius 2 is 2.04 bits per heavy atom. The number of rotatable bonds is 5. The molecule has 0 bridgehead atoms. The highest BCUT2D eigenvalue weighted by atomic mass is 35.5. The number of ether oxygens (including phenoxy) is 1. The molecule has 2 aromatic rings. The molecule has 0 radical (unpaired) electrons. The summed E-state index contributed by atoms with van der Waals surface area (Å²) in [6.07, 6.45) is 6.95. The maximum atomic E-state index is 5.76. The van der Waals surface area contributed by atoms with Crippen LogP contribution in [0, 0.1) is 0 Å². The quantitative estimate of drug-likeness (QED) is 0.876. The van der Waals surface area contributed by atoms with E-state index in [4.69, 9.17) is 16.3 Å². The SMILES string of the molecule is CC1(C)N[C@@H](CCc2ccc(Nc3ncc(Cl)cn3)nc2)CO1. The summed E-state index contributed by atoms with van der Waals surface area (Å²) in [5.74, 6) is 1.18. The number of halogens is 1. The van der Waals surface area contributed by atoms with Crippen LogP contribution in [-0.4, -0.2) is 33.3 Å². The lowest BCUT2D eigenvalue weighted by molar-refractivity contribution is 0.0231. The van der Waals surface area contributed by atoms with Crippen molar-refractivity contribution in [1.82, 2.24) is 20.3 Å². The van der Waals surface area contributed by atoms with Crippen molar-refractivity contribution in [2.45, 2.75) is 38.5 Å². The van der Waals surface area contributed by atoms with Gasteiger partial charge in [0.2, 0.25) is 5.95 Å². The van der Waals surface area contributed by atoms with Gasteiger partial charge < -0.3 is 10.1 Å². The number of aryl methyl sites for hydroxylation is 1. The second kappa shape index (κ2) is 6.78. The highest BCUT2D eigenvalue weighted by Gasteiger charge is 2.30. The van der Waals surface area contributed by atoms with Crippen molar-refractivity contribution < 1.29 is 4.74 Å². The topological polar surface area (TPSA) is 72.0 Å². The molecule has 1 aliphatic rings. The summed E-state index contributed by atoms with van der Waals surface area (Å²) in [6, 6.07) is 4.38. The van der Waals surface area contributed by atoms with Crippen molar-refractivity contribution in [3.63, 3.8) is 0 Å². The molecule has 2 aromatic heterocycles. The highest BCUT2D eigenvalue weighted by Crippen LogP contribution is 2.18. The molecule has 0 amide bonds. The monoisotopic (exact) mass is 333 g/mol. The summed E-state index contributed by atoms with van der Waals surface area (Å²) >= 11 is 5.76. The Hall–Kier alpha value is -1.76. The fourth-order valence-corrected chi connectivity index (χ4v) is 2.62.